The van der Waals surface area contributed by atoms with Crippen LogP contribution in [0, 0.1) is 5.82 Å². The molecule has 0 unspecified atom stereocenters. The van der Waals surface area contributed by atoms with Crippen molar-refractivity contribution in [2.45, 2.75) is 0 Å². The number of halogens is 2. The van der Waals surface area contributed by atoms with E-state index < -0.39 is 11.8 Å². The smallest absolute Gasteiger partial charge is 0.399 e. The third kappa shape index (κ3) is 2.54. The van der Waals surface area contributed by atoms with E-state index in [0.717, 1.165) is 12.3 Å². The molecule has 0 saturated heterocycles. The van der Waals surface area contributed by atoms with Crippen molar-refractivity contribution in [1.82, 2.24) is 4.98 Å². The fourth-order valence-corrected chi connectivity index (χ4v) is 1.16. The van der Waals surface area contributed by atoms with Crippen LogP contribution in [0.5, 0.6) is 11.8 Å². The maximum Gasteiger partial charge on any atom is 0.399 e. The maximum absolute atomic E-state index is 13.1. The number of oxazole rings is 1. The van der Waals surface area contributed by atoms with Crippen molar-refractivity contribution in [1.29, 1.82) is 0 Å². The van der Waals surface area contributed by atoms with Gasteiger partial charge in [-0.25, -0.2) is 9.18 Å². The monoisotopic (exact) mass is 257 g/mol. The van der Waals surface area contributed by atoms with E-state index >= 15 is 0 Å². The van der Waals surface area contributed by atoms with Crippen molar-refractivity contribution in [3.8, 4) is 11.8 Å². The first-order valence-corrected chi connectivity index (χ1v) is 4.76. The van der Waals surface area contributed by atoms with Crippen LogP contribution in [0.3, 0.4) is 0 Å². The van der Waals surface area contributed by atoms with E-state index in [9.17, 15) is 9.18 Å². The van der Waals surface area contributed by atoms with Crippen molar-refractivity contribution in [3.05, 3.63) is 41.0 Å². The molecule has 0 amide bonds. The fourth-order valence-electron chi connectivity index (χ4n) is 1.04. The molecule has 1 aromatic carbocycles. The average Bonchev–Trinajstić information content (AvgIpc) is 2.72. The minimum absolute atomic E-state index is 0.0454. The lowest BCUT2D eigenvalue weighted by molar-refractivity contribution is 0.0690. The molecule has 0 bridgehead atoms. The van der Waals surface area contributed by atoms with Gasteiger partial charge in [-0.2, -0.15) is 4.98 Å². The molecule has 2 rings (SSSR count). The first-order chi connectivity index (χ1) is 8.06. The first kappa shape index (κ1) is 11.4. The summed E-state index contributed by atoms with van der Waals surface area (Å²) in [5, 5.41) is 8.54. The van der Waals surface area contributed by atoms with Gasteiger partial charge in [0.25, 0.3) is 0 Å². The zero-order chi connectivity index (χ0) is 12.4. The van der Waals surface area contributed by atoms with Crippen molar-refractivity contribution in [3.63, 3.8) is 0 Å². The Kier molecular flexibility index (Phi) is 2.97. The zero-order valence-electron chi connectivity index (χ0n) is 8.18. The number of benzene rings is 1. The molecule has 0 spiro atoms. The second-order valence-corrected chi connectivity index (χ2v) is 3.39. The van der Waals surface area contributed by atoms with Crippen molar-refractivity contribution in [2.75, 3.05) is 0 Å². The van der Waals surface area contributed by atoms with Gasteiger partial charge in [0.1, 0.15) is 17.8 Å². The summed E-state index contributed by atoms with van der Waals surface area (Å²) in [6.07, 6.45) is 0.633. The summed E-state index contributed by atoms with van der Waals surface area (Å²) in [5.74, 6) is -1.80. The second kappa shape index (κ2) is 4.42. The molecule has 0 atom stereocenters. The molecule has 0 fully saturated rings. The third-order valence-corrected chi connectivity index (χ3v) is 2.10. The first-order valence-electron chi connectivity index (χ1n) is 4.38. The van der Waals surface area contributed by atoms with Gasteiger partial charge in [-0.1, -0.05) is 11.6 Å². The normalized spacial score (nSPS) is 10.2. The predicted octanol–water partition coefficient (Wildman–Crippen LogP) is 2.96. The molecule has 2 aromatic rings. The number of carbonyl (C=O) groups is 1. The Morgan fingerprint density at radius 3 is 2.88 bits per heavy atom. The summed E-state index contributed by atoms with van der Waals surface area (Å²) in [5.41, 5.74) is -0.297. The van der Waals surface area contributed by atoms with E-state index in [2.05, 4.69) is 4.98 Å². The molecular weight excluding hydrogens is 253 g/mol. The number of rotatable bonds is 3. The predicted molar refractivity (Wildman–Crippen MR) is 54.9 cm³/mol. The number of carboxylic acid groups (broad SMARTS) is 1. The summed E-state index contributed by atoms with van der Waals surface area (Å²) in [6, 6.07) is 3.73. The summed E-state index contributed by atoms with van der Waals surface area (Å²) in [6.45, 7) is 0. The molecule has 17 heavy (non-hydrogen) atoms. The molecule has 0 aliphatic heterocycles. The topological polar surface area (TPSA) is 72.6 Å². The molecule has 88 valence electrons. The van der Waals surface area contributed by atoms with Crippen LogP contribution in [0.15, 0.2) is 28.9 Å². The lowest BCUT2D eigenvalue weighted by atomic mass is 10.3. The van der Waals surface area contributed by atoms with Crippen LogP contribution in [-0.4, -0.2) is 16.1 Å². The number of ether oxygens (including phenoxy) is 1. The molecule has 1 aromatic heterocycles. The Balaban J connectivity index is 2.19. The molecular formula is C10H5ClFNO4. The molecule has 0 aliphatic carbocycles. The van der Waals surface area contributed by atoms with Crippen LogP contribution in [0.2, 0.25) is 5.02 Å². The molecule has 0 aliphatic rings. The van der Waals surface area contributed by atoms with E-state index in [1.165, 1.54) is 12.1 Å². The van der Waals surface area contributed by atoms with Gasteiger partial charge >= 0.3 is 12.0 Å². The summed E-state index contributed by atoms with van der Waals surface area (Å²) in [4.78, 5) is 14.0. The van der Waals surface area contributed by atoms with E-state index in [1.54, 1.807) is 0 Å². The molecule has 1 N–H and O–H groups in total. The van der Waals surface area contributed by atoms with Crippen molar-refractivity contribution in [2.24, 2.45) is 0 Å². The Hall–Kier alpha value is -2.08. The number of aromatic nitrogens is 1. The van der Waals surface area contributed by atoms with Crippen LogP contribution in [0.1, 0.15) is 10.5 Å². The number of carboxylic acids is 1. The lowest BCUT2D eigenvalue weighted by Crippen LogP contribution is -1.95. The lowest BCUT2D eigenvalue weighted by Gasteiger charge is -2.00. The number of hydrogen-bond donors (Lipinski definition) is 1. The molecule has 7 heteroatoms. The van der Waals surface area contributed by atoms with Gasteiger partial charge in [0.15, 0.2) is 5.69 Å². The van der Waals surface area contributed by atoms with E-state index in [1.807, 2.05) is 0 Å². The van der Waals surface area contributed by atoms with Crippen molar-refractivity contribution < 1.29 is 23.4 Å². The van der Waals surface area contributed by atoms with Gasteiger partial charge in [0.2, 0.25) is 0 Å². The van der Waals surface area contributed by atoms with Crippen LogP contribution < -0.4 is 4.74 Å². The Bertz CT molecular complexity index is 569. The minimum atomic E-state index is -1.24. The summed E-state index contributed by atoms with van der Waals surface area (Å²) < 4.78 is 22.8. The molecule has 1 heterocycles. The highest BCUT2D eigenvalue weighted by atomic mass is 35.5. The quantitative estimate of drug-likeness (QED) is 0.915. The van der Waals surface area contributed by atoms with E-state index in [-0.39, 0.29) is 22.5 Å². The van der Waals surface area contributed by atoms with Crippen LogP contribution >= 0.6 is 11.6 Å². The standard InChI is InChI=1S/C10H5ClFNO4/c11-6-2-1-5(3-7(6)12)17-10-13-8(4-16-10)9(14)15/h1-4H,(H,14,15). The SMILES string of the molecule is O=C(O)c1coc(Oc2ccc(Cl)c(F)c2)n1. The second-order valence-electron chi connectivity index (χ2n) is 2.98. The molecule has 0 radical (unpaired) electrons. The number of nitrogens with zero attached hydrogens (tertiary/aromatic N) is 1. The van der Waals surface area contributed by atoms with Crippen LogP contribution in [0.4, 0.5) is 4.39 Å². The highest BCUT2D eigenvalue weighted by Crippen LogP contribution is 2.24. The van der Waals surface area contributed by atoms with Gasteiger partial charge in [0.05, 0.1) is 5.02 Å². The summed E-state index contributed by atoms with van der Waals surface area (Å²) in [7, 11) is 0. The summed E-state index contributed by atoms with van der Waals surface area (Å²) >= 11 is 5.48. The molecule has 5 nitrogen and oxygen atoms in total. The van der Waals surface area contributed by atoms with Gasteiger partial charge in [-0.3, -0.25) is 0 Å². The van der Waals surface area contributed by atoms with Gasteiger partial charge < -0.3 is 14.3 Å². The average molecular weight is 258 g/mol. The van der Waals surface area contributed by atoms with Crippen molar-refractivity contribution >= 4 is 17.6 Å². The largest absolute Gasteiger partial charge is 0.476 e. The van der Waals surface area contributed by atoms with Crippen LogP contribution in [0.25, 0.3) is 0 Å². The van der Waals surface area contributed by atoms with E-state index in [0.29, 0.717) is 0 Å². The Morgan fingerprint density at radius 2 is 2.29 bits per heavy atom. The fraction of sp³-hybridized carbons (Fsp3) is 0. The number of aromatic carboxylic acids is 1. The maximum atomic E-state index is 13.1. The third-order valence-electron chi connectivity index (χ3n) is 1.80. The van der Waals surface area contributed by atoms with E-state index in [4.69, 9.17) is 25.9 Å². The van der Waals surface area contributed by atoms with Gasteiger partial charge in [0, 0.05) is 6.07 Å². The van der Waals surface area contributed by atoms with Gasteiger partial charge in [-0.15, -0.1) is 0 Å². The van der Waals surface area contributed by atoms with Crippen LogP contribution in [-0.2, 0) is 0 Å². The Labute approximate surface area is 99.4 Å². The zero-order valence-corrected chi connectivity index (χ0v) is 8.94. The number of hydrogen-bond acceptors (Lipinski definition) is 4. The van der Waals surface area contributed by atoms with Gasteiger partial charge in [-0.05, 0) is 12.1 Å². The highest BCUT2D eigenvalue weighted by molar-refractivity contribution is 6.30. The molecule has 0 saturated carbocycles. The Morgan fingerprint density at radius 1 is 1.53 bits per heavy atom. The highest BCUT2D eigenvalue weighted by Gasteiger charge is 2.12. The minimum Gasteiger partial charge on any atom is -0.476 e.